The monoisotopic (exact) mass is 296 g/mol. The Morgan fingerprint density at radius 1 is 1.26 bits per heavy atom. The van der Waals surface area contributed by atoms with E-state index in [1.807, 2.05) is 43.0 Å². The van der Waals surface area contributed by atoms with E-state index in [-0.39, 0.29) is 11.0 Å². The molecule has 0 aromatic heterocycles. The van der Waals surface area contributed by atoms with Gasteiger partial charge in [0.1, 0.15) is 5.75 Å². The summed E-state index contributed by atoms with van der Waals surface area (Å²) in [4.78, 5) is 12.8. The Kier molecular flexibility index (Phi) is 5.64. The van der Waals surface area contributed by atoms with Gasteiger partial charge in [-0.05, 0) is 25.5 Å². The molecule has 0 spiro atoms. The van der Waals surface area contributed by atoms with Gasteiger partial charge in [-0.25, -0.2) is 0 Å². The van der Waals surface area contributed by atoms with E-state index in [0.29, 0.717) is 11.9 Å². The number of ether oxygens (including phenoxy) is 1. The number of rotatable bonds is 5. The van der Waals surface area contributed by atoms with Crippen molar-refractivity contribution in [3.05, 3.63) is 29.8 Å². The highest BCUT2D eigenvalue weighted by atomic mass is 32.2. The van der Waals surface area contributed by atoms with Crippen molar-refractivity contribution in [2.75, 3.05) is 18.1 Å². The summed E-state index contributed by atoms with van der Waals surface area (Å²) < 4.78 is 5.58. The lowest BCUT2D eigenvalue weighted by molar-refractivity contribution is 0.0984. The van der Waals surface area contributed by atoms with E-state index >= 15 is 0 Å². The average Bonchev–Trinajstić information content (AvgIpc) is 2.47. The molecule has 0 saturated carbocycles. The largest absolute Gasteiger partial charge is 0.493 e. The number of benzene rings is 1. The first kappa shape index (κ1) is 14.8. The van der Waals surface area contributed by atoms with Crippen LogP contribution in [0.1, 0.15) is 30.6 Å². The molecule has 1 saturated heterocycles. The summed E-state index contributed by atoms with van der Waals surface area (Å²) in [5.41, 5.74) is 0.739. The first-order valence-electron chi connectivity index (χ1n) is 6.77. The zero-order valence-electron chi connectivity index (χ0n) is 11.4. The zero-order valence-corrected chi connectivity index (χ0v) is 13.1. The van der Waals surface area contributed by atoms with Gasteiger partial charge in [0.05, 0.1) is 17.4 Å². The van der Waals surface area contributed by atoms with Gasteiger partial charge in [-0.1, -0.05) is 19.1 Å². The molecule has 1 fully saturated rings. The Morgan fingerprint density at radius 3 is 2.74 bits per heavy atom. The fourth-order valence-corrected chi connectivity index (χ4v) is 5.27. The molecule has 1 aromatic rings. The van der Waals surface area contributed by atoms with Crippen molar-refractivity contribution < 1.29 is 9.53 Å². The minimum Gasteiger partial charge on any atom is -0.493 e. The molecule has 0 amide bonds. The van der Waals surface area contributed by atoms with Crippen molar-refractivity contribution in [1.29, 1.82) is 0 Å². The van der Waals surface area contributed by atoms with Crippen LogP contribution in [0.25, 0.3) is 0 Å². The van der Waals surface area contributed by atoms with Gasteiger partial charge in [-0.15, -0.1) is 11.8 Å². The third-order valence-electron chi connectivity index (χ3n) is 3.16. The van der Waals surface area contributed by atoms with Gasteiger partial charge >= 0.3 is 0 Å². The molecule has 1 aliphatic rings. The second kappa shape index (κ2) is 7.25. The summed E-state index contributed by atoms with van der Waals surface area (Å²) in [6.07, 6.45) is 1.05. The van der Waals surface area contributed by atoms with E-state index in [0.717, 1.165) is 29.2 Å². The predicted molar refractivity (Wildman–Crippen MR) is 84.7 cm³/mol. The summed E-state index contributed by atoms with van der Waals surface area (Å²) in [6.45, 7) is 4.70. The number of thioether (sulfide) groups is 2. The summed E-state index contributed by atoms with van der Waals surface area (Å²) in [7, 11) is 0. The average molecular weight is 296 g/mol. The Morgan fingerprint density at radius 2 is 2.00 bits per heavy atom. The normalized spacial score (nSPS) is 23.1. The van der Waals surface area contributed by atoms with Gasteiger partial charge < -0.3 is 4.74 Å². The fraction of sp³-hybridized carbons (Fsp3) is 0.533. The molecule has 2 nitrogen and oxygen atoms in total. The van der Waals surface area contributed by atoms with Crippen molar-refractivity contribution in [2.45, 2.75) is 30.8 Å². The standard InChI is InChI=1S/C15H20O2S2/c1-3-13-15(19-10-9-18-13)14(16)11-7-5-6-8-12(11)17-4-2/h5-8,13,15H,3-4,9-10H2,1-2H3. The summed E-state index contributed by atoms with van der Waals surface area (Å²) in [5.74, 6) is 3.17. The van der Waals surface area contributed by atoms with Gasteiger partial charge in [-0.2, -0.15) is 11.8 Å². The Labute approximate surface area is 123 Å². The number of hydrogen-bond donors (Lipinski definition) is 0. The third-order valence-corrected chi connectivity index (χ3v) is 6.41. The maximum Gasteiger partial charge on any atom is 0.180 e. The van der Waals surface area contributed by atoms with Crippen molar-refractivity contribution in [1.82, 2.24) is 0 Å². The lowest BCUT2D eigenvalue weighted by atomic mass is 10.0. The first-order chi connectivity index (χ1) is 9.27. The SMILES string of the molecule is CCOc1ccccc1C(=O)C1SCCSC1CC. The molecule has 1 aliphatic heterocycles. The van der Waals surface area contributed by atoms with Crippen LogP contribution in [-0.2, 0) is 0 Å². The van der Waals surface area contributed by atoms with Gasteiger partial charge in [0.2, 0.25) is 0 Å². The van der Waals surface area contributed by atoms with E-state index in [9.17, 15) is 4.79 Å². The number of carbonyl (C=O) groups is 1. The van der Waals surface area contributed by atoms with Crippen LogP contribution < -0.4 is 4.74 Å². The van der Waals surface area contributed by atoms with E-state index in [2.05, 4.69) is 6.92 Å². The maximum absolute atomic E-state index is 12.8. The first-order valence-corrected chi connectivity index (χ1v) is 8.87. The Hall–Kier alpha value is -0.610. The maximum atomic E-state index is 12.8. The minimum atomic E-state index is 0.0744. The van der Waals surface area contributed by atoms with E-state index < -0.39 is 0 Å². The molecule has 2 atom stereocenters. The molecule has 1 heterocycles. The highest BCUT2D eigenvalue weighted by Gasteiger charge is 2.32. The van der Waals surface area contributed by atoms with E-state index in [1.54, 1.807) is 11.8 Å². The Balaban J connectivity index is 2.22. The van der Waals surface area contributed by atoms with Crippen LogP contribution in [0.5, 0.6) is 5.75 Å². The lowest BCUT2D eigenvalue weighted by Gasteiger charge is -2.29. The molecule has 1 aromatic carbocycles. The molecule has 0 N–H and O–H groups in total. The second-order valence-corrected chi connectivity index (χ2v) is 7.00. The molecule has 0 aliphatic carbocycles. The highest BCUT2D eigenvalue weighted by molar-refractivity contribution is 8.07. The zero-order chi connectivity index (χ0) is 13.7. The molecular weight excluding hydrogens is 276 g/mol. The van der Waals surface area contributed by atoms with Gasteiger partial charge in [0.15, 0.2) is 5.78 Å². The quantitative estimate of drug-likeness (QED) is 0.770. The third kappa shape index (κ3) is 3.48. The van der Waals surface area contributed by atoms with Crippen LogP contribution in [0.15, 0.2) is 24.3 Å². The molecule has 104 valence electrons. The van der Waals surface area contributed by atoms with Crippen LogP contribution in [0.4, 0.5) is 0 Å². The van der Waals surface area contributed by atoms with Crippen LogP contribution in [0.2, 0.25) is 0 Å². The van der Waals surface area contributed by atoms with Crippen molar-refractivity contribution >= 4 is 29.3 Å². The fourth-order valence-electron chi connectivity index (χ4n) is 2.25. The number of carbonyl (C=O) groups excluding carboxylic acids is 1. The lowest BCUT2D eigenvalue weighted by Crippen LogP contribution is -2.33. The van der Waals surface area contributed by atoms with Crippen LogP contribution in [0, 0.1) is 0 Å². The van der Waals surface area contributed by atoms with Gasteiger partial charge in [0, 0.05) is 16.8 Å². The molecule has 2 rings (SSSR count). The molecule has 4 heteroatoms. The highest BCUT2D eigenvalue weighted by Crippen LogP contribution is 2.36. The summed E-state index contributed by atoms with van der Waals surface area (Å²) in [6, 6.07) is 7.61. The number of hydrogen-bond acceptors (Lipinski definition) is 4. The molecule has 0 radical (unpaired) electrons. The molecule has 0 bridgehead atoms. The van der Waals surface area contributed by atoms with Gasteiger partial charge in [0.25, 0.3) is 0 Å². The van der Waals surface area contributed by atoms with Crippen molar-refractivity contribution in [3.63, 3.8) is 0 Å². The number of Topliss-reactive ketones (excluding diaryl/α,β-unsaturated/α-hetero) is 1. The predicted octanol–water partition coefficient (Wildman–Crippen LogP) is 3.90. The Bertz CT molecular complexity index is 434. The molecule has 19 heavy (non-hydrogen) atoms. The minimum absolute atomic E-state index is 0.0744. The summed E-state index contributed by atoms with van der Waals surface area (Å²) >= 11 is 3.73. The van der Waals surface area contributed by atoms with Crippen LogP contribution >= 0.6 is 23.5 Å². The van der Waals surface area contributed by atoms with Crippen molar-refractivity contribution in [2.24, 2.45) is 0 Å². The molecule has 2 unspecified atom stereocenters. The van der Waals surface area contributed by atoms with Crippen LogP contribution in [-0.4, -0.2) is 34.4 Å². The number of para-hydroxylation sites is 1. The second-order valence-electron chi connectivity index (χ2n) is 4.40. The van der Waals surface area contributed by atoms with E-state index in [4.69, 9.17) is 4.74 Å². The molecular formula is C15H20O2S2. The van der Waals surface area contributed by atoms with Crippen molar-refractivity contribution in [3.8, 4) is 5.75 Å². The van der Waals surface area contributed by atoms with E-state index in [1.165, 1.54) is 0 Å². The van der Waals surface area contributed by atoms with Gasteiger partial charge in [-0.3, -0.25) is 4.79 Å². The smallest absolute Gasteiger partial charge is 0.180 e. The number of ketones is 1. The van der Waals surface area contributed by atoms with Crippen LogP contribution in [0.3, 0.4) is 0 Å². The summed E-state index contributed by atoms with van der Waals surface area (Å²) in [5, 5.41) is 0.506. The topological polar surface area (TPSA) is 26.3 Å².